The van der Waals surface area contributed by atoms with Gasteiger partial charge in [-0.3, -0.25) is 9.59 Å². The van der Waals surface area contributed by atoms with Gasteiger partial charge >= 0.3 is 0 Å². The molecule has 10 nitrogen and oxygen atoms in total. The minimum absolute atomic E-state index is 0.0784. The van der Waals surface area contributed by atoms with Gasteiger partial charge in [0.1, 0.15) is 11.5 Å². The van der Waals surface area contributed by atoms with E-state index in [1.165, 1.54) is 0 Å². The molecule has 1 aromatic heterocycles. The molecule has 2 aliphatic rings. The Hall–Kier alpha value is -4.18. The molecule has 0 spiro atoms. The Bertz CT molecular complexity index is 1370. The molecule has 3 heterocycles. The molecular weight excluding hydrogens is 484 g/mol. The zero-order valence-corrected chi connectivity index (χ0v) is 22.1. The molecule has 2 aliphatic heterocycles. The second-order valence-electron chi connectivity index (χ2n) is 9.83. The topological polar surface area (TPSA) is 109 Å². The van der Waals surface area contributed by atoms with E-state index in [1.807, 2.05) is 19.1 Å². The predicted molar refractivity (Wildman–Crippen MR) is 143 cm³/mol. The smallest absolute Gasteiger partial charge is 0.258 e. The highest BCUT2D eigenvalue weighted by molar-refractivity contribution is 6.01. The summed E-state index contributed by atoms with van der Waals surface area (Å²) >= 11 is 0. The molecule has 1 saturated heterocycles. The lowest BCUT2D eigenvalue weighted by Crippen LogP contribution is -2.43. The van der Waals surface area contributed by atoms with E-state index in [4.69, 9.17) is 9.47 Å². The average molecular weight is 517 g/mol. The Labute approximate surface area is 222 Å². The number of piperidine rings is 1. The molecule has 0 unspecified atom stereocenters. The van der Waals surface area contributed by atoms with Crippen molar-refractivity contribution < 1.29 is 19.1 Å². The third-order valence-electron chi connectivity index (χ3n) is 6.98. The van der Waals surface area contributed by atoms with E-state index in [1.54, 1.807) is 49.5 Å². The van der Waals surface area contributed by atoms with Crippen LogP contribution in [-0.4, -0.2) is 71.9 Å². The second-order valence-corrected chi connectivity index (χ2v) is 9.83. The number of carbonyl (C=O) groups is 2. The van der Waals surface area contributed by atoms with Crippen LogP contribution in [0.4, 0.5) is 11.6 Å². The number of hydrogen-bond donors (Lipinski definition) is 2. The molecule has 0 radical (unpaired) electrons. The number of benzene rings is 2. The van der Waals surface area contributed by atoms with Gasteiger partial charge in [0.15, 0.2) is 0 Å². The van der Waals surface area contributed by atoms with Gasteiger partial charge in [-0.15, -0.1) is 0 Å². The summed E-state index contributed by atoms with van der Waals surface area (Å²) in [5.74, 6) is 1.38. The summed E-state index contributed by atoms with van der Waals surface area (Å²) in [7, 11) is 5.41. The van der Waals surface area contributed by atoms with Crippen LogP contribution in [0.3, 0.4) is 0 Å². The summed E-state index contributed by atoms with van der Waals surface area (Å²) in [6.45, 7) is 4.33. The van der Waals surface area contributed by atoms with Crippen molar-refractivity contribution in [1.29, 1.82) is 0 Å². The van der Waals surface area contributed by atoms with Crippen molar-refractivity contribution in [2.75, 3.05) is 39.6 Å². The molecule has 38 heavy (non-hydrogen) atoms. The molecule has 198 valence electrons. The number of nitrogens with one attached hydrogen (secondary N) is 2. The molecule has 10 heteroatoms. The Balaban J connectivity index is 1.32. The fraction of sp³-hybridized carbons (Fsp3) is 0.357. The van der Waals surface area contributed by atoms with Crippen LogP contribution in [0.15, 0.2) is 42.6 Å². The van der Waals surface area contributed by atoms with Gasteiger partial charge in [-0.2, -0.15) is 4.98 Å². The molecule has 2 amide bonds. The number of hydrogen-bond acceptors (Lipinski definition) is 8. The average Bonchev–Trinajstić information content (AvgIpc) is 3.21. The van der Waals surface area contributed by atoms with Gasteiger partial charge in [0.05, 0.1) is 18.4 Å². The number of aromatic nitrogens is 2. The third kappa shape index (κ3) is 5.26. The monoisotopic (exact) mass is 516 g/mol. The van der Waals surface area contributed by atoms with E-state index in [9.17, 15) is 9.59 Å². The summed E-state index contributed by atoms with van der Waals surface area (Å²) in [5, 5.41) is 6.28. The van der Waals surface area contributed by atoms with Gasteiger partial charge < -0.3 is 29.9 Å². The molecule has 0 aliphatic carbocycles. The van der Waals surface area contributed by atoms with Crippen molar-refractivity contribution in [2.24, 2.45) is 0 Å². The van der Waals surface area contributed by atoms with Gasteiger partial charge in [0.25, 0.3) is 11.8 Å². The number of likely N-dealkylation sites (tertiary alicyclic amines) is 1. The van der Waals surface area contributed by atoms with Gasteiger partial charge in [0, 0.05) is 37.0 Å². The number of rotatable bonds is 7. The number of carbonyl (C=O) groups excluding carboxylic acids is 2. The number of methoxy groups -OCH3 is 1. The van der Waals surface area contributed by atoms with Crippen LogP contribution < -0.4 is 20.1 Å². The minimum atomic E-state index is -0.123. The fourth-order valence-corrected chi connectivity index (χ4v) is 4.73. The van der Waals surface area contributed by atoms with Crippen LogP contribution in [0.5, 0.6) is 17.4 Å². The molecule has 0 saturated carbocycles. The minimum Gasteiger partial charge on any atom is -0.495 e. The highest BCUT2D eigenvalue weighted by Gasteiger charge is 2.28. The summed E-state index contributed by atoms with van der Waals surface area (Å²) in [6, 6.07) is 10.9. The van der Waals surface area contributed by atoms with Crippen LogP contribution in [0.2, 0.25) is 0 Å². The zero-order valence-electron chi connectivity index (χ0n) is 22.1. The molecule has 0 bridgehead atoms. The van der Waals surface area contributed by atoms with Crippen molar-refractivity contribution in [2.45, 2.75) is 32.4 Å². The summed E-state index contributed by atoms with van der Waals surface area (Å²) in [6.07, 6.45) is 3.52. The van der Waals surface area contributed by atoms with E-state index in [0.29, 0.717) is 46.7 Å². The van der Waals surface area contributed by atoms with Crippen molar-refractivity contribution in [3.8, 4) is 17.4 Å². The van der Waals surface area contributed by atoms with Crippen LogP contribution in [0, 0.1) is 6.92 Å². The number of anilines is 2. The Morgan fingerprint density at radius 2 is 1.89 bits per heavy atom. The zero-order chi connectivity index (χ0) is 26.8. The maximum atomic E-state index is 12.8. The fourth-order valence-electron chi connectivity index (χ4n) is 4.73. The van der Waals surface area contributed by atoms with Crippen LogP contribution in [0.1, 0.15) is 44.7 Å². The maximum Gasteiger partial charge on any atom is 0.258 e. The Morgan fingerprint density at radius 3 is 2.66 bits per heavy atom. The molecule has 2 aromatic carbocycles. The summed E-state index contributed by atoms with van der Waals surface area (Å²) in [4.78, 5) is 38.3. The first-order valence-electron chi connectivity index (χ1n) is 12.7. The molecular formula is C28H32N6O4. The number of amides is 2. The molecule has 1 fully saturated rings. The number of aryl methyl sites for hydroxylation is 1. The predicted octanol–water partition coefficient (Wildman–Crippen LogP) is 3.74. The van der Waals surface area contributed by atoms with Crippen molar-refractivity contribution in [3.63, 3.8) is 0 Å². The number of ether oxygens (including phenoxy) is 2. The lowest BCUT2D eigenvalue weighted by molar-refractivity contribution is 0.0814. The third-order valence-corrected chi connectivity index (χ3v) is 6.98. The number of fused-ring (bicyclic) bond motifs is 1. The Morgan fingerprint density at radius 1 is 1.11 bits per heavy atom. The lowest BCUT2D eigenvalue weighted by atomic mass is 10.0. The van der Waals surface area contributed by atoms with Gasteiger partial charge in [-0.25, -0.2) is 4.98 Å². The largest absolute Gasteiger partial charge is 0.495 e. The van der Waals surface area contributed by atoms with Crippen molar-refractivity contribution >= 4 is 23.5 Å². The van der Waals surface area contributed by atoms with Gasteiger partial charge in [-0.05, 0) is 69.7 Å². The van der Waals surface area contributed by atoms with E-state index in [2.05, 4.69) is 32.5 Å². The maximum absolute atomic E-state index is 12.8. The van der Waals surface area contributed by atoms with Crippen LogP contribution >= 0.6 is 0 Å². The Kier molecular flexibility index (Phi) is 7.15. The molecule has 5 rings (SSSR count). The van der Waals surface area contributed by atoms with E-state index >= 15 is 0 Å². The van der Waals surface area contributed by atoms with Gasteiger partial charge in [0.2, 0.25) is 11.8 Å². The standard InChI is InChI=1S/C28H32N6O4/c1-17-15-29-28(32-26(17)38-22-7-5-6-19-16-34(3)27(36)24(19)22)31-21-9-8-18(14-23(21)37-4)25(35)30-20-10-12-33(2)13-11-20/h5-9,14-15,20H,10-13,16H2,1-4H3,(H,30,35)(H,29,31,32). The first-order valence-corrected chi connectivity index (χ1v) is 12.7. The van der Waals surface area contributed by atoms with E-state index < -0.39 is 0 Å². The molecule has 0 atom stereocenters. The summed E-state index contributed by atoms with van der Waals surface area (Å²) < 4.78 is 11.7. The SMILES string of the molecule is COc1cc(C(=O)NC2CCN(C)CC2)ccc1Nc1ncc(C)c(Oc2cccc3c2C(=O)N(C)C3)n1. The second kappa shape index (κ2) is 10.7. The van der Waals surface area contributed by atoms with Crippen LogP contribution in [0.25, 0.3) is 0 Å². The van der Waals surface area contributed by atoms with Crippen LogP contribution in [-0.2, 0) is 6.54 Å². The highest BCUT2D eigenvalue weighted by atomic mass is 16.5. The quantitative estimate of drug-likeness (QED) is 0.489. The molecule has 2 N–H and O–H groups in total. The van der Waals surface area contributed by atoms with Crippen molar-refractivity contribution in [3.05, 3.63) is 64.8 Å². The normalized spacial score (nSPS) is 15.8. The highest BCUT2D eigenvalue weighted by Crippen LogP contribution is 2.34. The molecule has 3 aromatic rings. The first-order chi connectivity index (χ1) is 18.3. The van der Waals surface area contributed by atoms with Gasteiger partial charge in [-0.1, -0.05) is 12.1 Å². The number of nitrogens with zero attached hydrogens (tertiary/aromatic N) is 4. The lowest BCUT2D eigenvalue weighted by Gasteiger charge is -2.29. The summed E-state index contributed by atoms with van der Waals surface area (Å²) in [5.41, 5.74) is 3.33. The van der Waals surface area contributed by atoms with Crippen molar-refractivity contribution in [1.82, 2.24) is 25.1 Å². The van der Waals surface area contributed by atoms with E-state index in [-0.39, 0.29) is 17.9 Å². The first kappa shape index (κ1) is 25.5. The van der Waals surface area contributed by atoms with E-state index in [0.717, 1.165) is 37.1 Å².